The summed E-state index contributed by atoms with van der Waals surface area (Å²) in [6.45, 7) is 2.00. The maximum atomic E-state index is 13.0. The highest BCUT2D eigenvalue weighted by Crippen LogP contribution is 2.40. The van der Waals surface area contributed by atoms with E-state index in [4.69, 9.17) is 20.8 Å². The fourth-order valence-electron chi connectivity index (χ4n) is 5.77. The van der Waals surface area contributed by atoms with E-state index in [0.29, 0.717) is 73.1 Å². The standard InChI is InChI=1S/C30H34ClF3N4O4/c31-28-26-8-10-38(15-21(26)3-6-27(28)41-17-25-14-35-18-42-25)16-24(39)13-37-29(40)20-7-9-36-23(12-20)11-19-1-4-22(5-2-19)30(32,33)34/h3,6-7,9,12,14,18-19,22,24,39H,1-2,4-5,8,10-11,13,15-17H2,(H,37,40)/t19?,22?,24-/m0/s1. The summed E-state index contributed by atoms with van der Waals surface area (Å²) in [5.41, 5.74) is 3.19. The summed E-state index contributed by atoms with van der Waals surface area (Å²) in [5, 5.41) is 14.0. The van der Waals surface area contributed by atoms with Crippen LogP contribution in [0.3, 0.4) is 0 Å². The van der Waals surface area contributed by atoms with Crippen LogP contribution in [0.15, 0.2) is 47.5 Å². The van der Waals surface area contributed by atoms with E-state index in [2.05, 4.69) is 20.2 Å². The van der Waals surface area contributed by atoms with Crippen molar-refractivity contribution >= 4 is 17.5 Å². The number of hydrogen-bond donors (Lipinski definition) is 2. The molecule has 3 aromatic rings. The van der Waals surface area contributed by atoms with Crippen LogP contribution in [-0.2, 0) is 26.0 Å². The summed E-state index contributed by atoms with van der Waals surface area (Å²) in [6.07, 6.45) is 2.10. The highest BCUT2D eigenvalue weighted by atomic mass is 35.5. The van der Waals surface area contributed by atoms with Gasteiger partial charge in [0.05, 0.1) is 23.2 Å². The molecule has 0 saturated heterocycles. The highest BCUT2D eigenvalue weighted by Gasteiger charge is 2.41. The first-order valence-electron chi connectivity index (χ1n) is 14.2. The molecule has 226 valence electrons. The van der Waals surface area contributed by atoms with Crippen LogP contribution in [0.2, 0.25) is 5.02 Å². The number of pyridine rings is 1. The Morgan fingerprint density at radius 1 is 1.24 bits per heavy atom. The average molecular weight is 607 g/mol. The third-order valence-corrected chi connectivity index (χ3v) is 8.50. The number of aromatic nitrogens is 2. The van der Waals surface area contributed by atoms with Crippen LogP contribution < -0.4 is 10.1 Å². The first-order chi connectivity index (χ1) is 20.2. The Morgan fingerprint density at radius 2 is 2.05 bits per heavy atom. The molecule has 5 rings (SSSR count). The highest BCUT2D eigenvalue weighted by molar-refractivity contribution is 6.33. The molecule has 42 heavy (non-hydrogen) atoms. The van der Waals surface area contributed by atoms with Gasteiger partial charge < -0.3 is 19.6 Å². The third kappa shape index (κ3) is 7.81. The number of carbonyl (C=O) groups is 1. The zero-order valence-corrected chi connectivity index (χ0v) is 23.8. The number of alkyl halides is 3. The molecular formula is C30H34ClF3N4O4. The third-order valence-electron chi connectivity index (χ3n) is 8.08. The second-order valence-corrected chi connectivity index (χ2v) is 11.5. The first kappa shape index (κ1) is 30.3. The number of carbonyl (C=O) groups excluding carboxylic acids is 1. The Kier molecular flexibility index (Phi) is 9.70. The number of nitrogens with zero attached hydrogens (tertiary/aromatic N) is 3. The second kappa shape index (κ2) is 13.4. The van der Waals surface area contributed by atoms with E-state index in [1.165, 1.54) is 6.39 Å². The minimum Gasteiger partial charge on any atom is -0.484 e. The zero-order chi connectivity index (χ0) is 29.7. The molecule has 1 fully saturated rings. The number of β-amino-alcohol motifs (C(OH)–C–C–N with tert-alkyl or cyclic N) is 1. The molecule has 2 aromatic heterocycles. The zero-order valence-electron chi connectivity index (χ0n) is 23.1. The molecule has 0 bridgehead atoms. The van der Waals surface area contributed by atoms with E-state index >= 15 is 0 Å². The van der Waals surface area contributed by atoms with Gasteiger partial charge in [0.1, 0.15) is 12.4 Å². The molecule has 0 radical (unpaired) electrons. The Labute approximate surface area is 247 Å². The topological polar surface area (TPSA) is 101 Å². The predicted molar refractivity (Wildman–Crippen MR) is 149 cm³/mol. The quantitative estimate of drug-likeness (QED) is 0.320. The van der Waals surface area contributed by atoms with Crippen molar-refractivity contribution in [2.45, 2.75) is 64.0 Å². The number of oxazole rings is 1. The number of aliphatic hydroxyl groups excluding tert-OH is 1. The van der Waals surface area contributed by atoms with Crippen molar-refractivity contribution in [3.63, 3.8) is 0 Å². The first-order valence-corrected chi connectivity index (χ1v) is 14.5. The summed E-state index contributed by atoms with van der Waals surface area (Å²) in [4.78, 5) is 23.1. The maximum Gasteiger partial charge on any atom is 0.391 e. The van der Waals surface area contributed by atoms with Crippen LogP contribution >= 0.6 is 11.6 Å². The lowest BCUT2D eigenvalue weighted by Crippen LogP contribution is -2.42. The molecule has 1 aliphatic carbocycles. The van der Waals surface area contributed by atoms with Gasteiger partial charge in [-0.3, -0.25) is 14.7 Å². The predicted octanol–water partition coefficient (Wildman–Crippen LogP) is 5.36. The normalized spacial score (nSPS) is 20.1. The van der Waals surface area contributed by atoms with Crippen molar-refractivity contribution in [1.82, 2.24) is 20.2 Å². The van der Waals surface area contributed by atoms with Crippen molar-refractivity contribution in [1.29, 1.82) is 0 Å². The van der Waals surface area contributed by atoms with Gasteiger partial charge in [0.2, 0.25) is 0 Å². The van der Waals surface area contributed by atoms with Crippen molar-refractivity contribution < 1.29 is 32.2 Å². The van der Waals surface area contributed by atoms with Gasteiger partial charge >= 0.3 is 6.18 Å². The maximum absolute atomic E-state index is 13.0. The lowest BCUT2D eigenvalue weighted by atomic mass is 9.79. The summed E-state index contributed by atoms with van der Waals surface area (Å²) in [5.74, 6) is -0.237. The molecule has 2 aliphatic rings. The van der Waals surface area contributed by atoms with E-state index in [1.807, 2.05) is 12.1 Å². The SMILES string of the molecule is O=C(NC[C@H](O)CN1CCc2c(ccc(OCc3cnco3)c2Cl)C1)c1ccnc(CC2CCC(C(F)(F)F)CC2)c1. The van der Waals surface area contributed by atoms with Crippen molar-refractivity contribution in [2.75, 3.05) is 19.6 Å². The molecule has 1 aromatic carbocycles. The van der Waals surface area contributed by atoms with Gasteiger partial charge in [-0.05, 0) is 73.8 Å². The van der Waals surface area contributed by atoms with E-state index in [9.17, 15) is 23.1 Å². The number of benzene rings is 1. The van der Waals surface area contributed by atoms with Gasteiger partial charge in [0, 0.05) is 43.6 Å². The van der Waals surface area contributed by atoms with Crippen molar-refractivity contribution in [2.24, 2.45) is 11.8 Å². The number of hydrogen-bond acceptors (Lipinski definition) is 7. The molecule has 1 atom stereocenters. The summed E-state index contributed by atoms with van der Waals surface area (Å²) in [6, 6.07) is 7.08. The van der Waals surface area contributed by atoms with E-state index in [0.717, 1.165) is 11.1 Å². The number of halogens is 4. The Hall–Kier alpha value is -3.15. The van der Waals surface area contributed by atoms with Crippen molar-refractivity contribution in [3.8, 4) is 5.75 Å². The summed E-state index contributed by atoms with van der Waals surface area (Å²) >= 11 is 6.62. The van der Waals surface area contributed by atoms with Crippen LogP contribution in [0, 0.1) is 11.8 Å². The minimum atomic E-state index is -4.13. The molecule has 0 spiro atoms. The second-order valence-electron chi connectivity index (χ2n) is 11.1. The van der Waals surface area contributed by atoms with Crippen LogP contribution in [0.4, 0.5) is 13.2 Å². The lowest BCUT2D eigenvalue weighted by molar-refractivity contribution is -0.183. The number of nitrogens with one attached hydrogen (secondary N) is 1. The van der Waals surface area contributed by atoms with Gasteiger partial charge in [0.25, 0.3) is 5.91 Å². The molecule has 0 unspecified atom stereocenters. The van der Waals surface area contributed by atoms with Crippen LogP contribution in [0.1, 0.15) is 58.6 Å². The molecule has 2 N–H and O–H groups in total. The molecule has 3 heterocycles. The Morgan fingerprint density at radius 3 is 2.79 bits per heavy atom. The Bertz CT molecular complexity index is 1350. The van der Waals surface area contributed by atoms with Crippen LogP contribution in [-0.4, -0.2) is 57.8 Å². The smallest absolute Gasteiger partial charge is 0.391 e. The molecule has 1 aliphatic heterocycles. The fraction of sp³-hybridized carbons (Fsp3) is 0.500. The number of amides is 1. The largest absolute Gasteiger partial charge is 0.484 e. The molecule has 1 amide bonds. The van der Waals surface area contributed by atoms with Gasteiger partial charge in [0.15, 0.2) is 12.2 Å². The average Bonchev–Trinajstić information content (AvgIpc) is 3.49. The molecular weight excluding hydrogens is 573 g/mol. The molecule has 1 saturated carbocycles. The van der Waals surface area contributed by atoms with Crippen LogP contribution in [0.5, 0.6) is 5.75 Å². The van der Waals surface area contributed by atoms with E-state index in [-0.39, 0.29) is 37.8 Å². The number of aliphatic hydroxyl groups is 1. The van der Waals surface area contributed by atoms with Gasteiger partial charge in [-0.15, -0.1) is 0 Å². The van der Waals surface area contributed by atoms with Crippen molar-refractivity contribution in [3.05, 3.63) is 76.2 Å². The molecule has 12 heteroatoms. The fourth-order valence-corrected chi connectivity index (χ4v) is 6.11. The summed E-state index contributed by atoms with van der Waals surface area (Å²) in [7, 11) is 0. The van der Waals surface area contributed by atoms with Gasteiger partial charge in [-0.25, -0.2) is 4.98 Å². The number of rotatable bonds is 10. The van der Waals surface area contributed by atoms with Gasteiger partial charge in [-0.2, -0.15) is 13.2 Å². The summed E-state index contributed by atoms with van der Waals surface area (Å²) < 4.78 is 49.9. The van der Waals surface area contributed by atoms with E-state index < -0.39 is 18.2 Å². The lowest BCUT2D eigenvalue weighted by Gasteiger charge is -2.31. The monoisotopic (exact) mass is 606 g/mol. The number of ether oxygens (including phenoxy) is 1. The Balaban J connectivity index is 1.07. The number of fused-ring (bicyclic) bond motifs is 1. The van der Waals surface area contributed by atoms with Gasteiger partial charge in [-0.1, -0.05) is 17.7 Å². The minimum absolute atomic E-state index is 0.0798. The van der Waals surface area contributed by atoms with Crippen LogP contribution in [0.25, 0.3) is 0 Å². The molecule has 8 nitrogen and oxygen atoms in total. The van der Waals surface area contributed by atoms with E-state index in [1.54, 1.807) is 24.5 Å².